The molecule has 0 spiro atoms. The number of aromatic nitrogens is 2. The molecule has 0 N–H and O–H groups in total. The first kappa shape index (κ1) is 6.64. The summed E-state index contributed by atoms with van der Waals surface area (Å²) in [6.45, 7) is 0. The lowest BCUT2D eigenvalue weighted by Gasteiger charge is -2.03. The van der Waals surface area contributed by atoms with Crippen LogP contribution >= 0.6 is 0 Å². The SMILES string of the molecule is O=c1c[n+](C2CCCC2)[n-]o1. The number of hydrogen-bond acceptors (Lipinski definition) is 2. The maximum atomic E-state index is 10.6. The van der Waals surface area contributed by atoms with E-state index < -0.39 is 0 Å². The van der Waals surface area contributed by atoms with E-state index in [1.165, 1.54) is 19.0 Å². The van der Waals surface area contributed by atoms with Crippen molar-refractivity contribution in [1.29, 1.82) is 0 Å². The topological polar surface area (TPSA) is 48.2 Å². The van der Waals surface area contributed by atoms with Crippen molar-refractivity contribution in [2.24, 2.45) is 0 Å². The van der Waals surface area contributed by atoms with E-state index in [9.17, 15) is 4.79 Å². The summed E-state index contributed by atoms with van der Waals surface area (Å²) in [6, 6.07) is 0.404. The van der Waals surface area contributed by atoms with Crippen molar-refractivity contribution in [3.8, 4) is 0 Å². The molecular weight excluding hydrogens is 144 g/mol. The summed E-state index contributed by atoms with van der Waals surface area (Å²) in [4.78, 5) is 10.6. The van der Waals surface area contributed by atoms with Gasteiger partial charge in [-0.3, -0.25) is 5.27 Å². The Kier molecular flexibility index (Phi) is 1.52. The molecule has 0 atom stereocenters. The van der Waals surface area contributed by atoms with Gasteiger partial charge in [-0.05, 0) is 12.8 Å². The minimum atomic E-state index is -0.350. The molecule has 1 saturated carbocycles. The lowest BCUT2D eigenvalue weighted by molar-refractivity contribution is -0.789. The zero-order chi connectivity index (χ0) is 7.68. The molecular formula is C7H10N2O2. The summed E-state index contributed by atoms with van der Waals surface area (Å²) in [5.74, 6) is 0. The molecule has 60 valence electrons. The molecule has 1 aliphatic rings. The van der Waals surface area contributed by atoms with Gasteiger partial charge in [0.05, 0.1) is 0 Å². The Hall–Kier alpha value is -1.06. The Morgan fingerprint density at radius 3 is 2.82 bits per heavy atom. The molecule has 0 amide bonds. The maximum Gasteiger partial charge on any atom is 0.388 e. The molecule has 0 aliphatic heterocycles. The van der Waals surface area contributed by atoms with E-state index in [0.29, 0.717) is 6.04 Å². The minimum absolute atomic E-state index is 0.350. The zero-order valence-electron chi connectivity index (χ0n) is 6.19. The molecule has 4 nitrogen and oxygen atoms in total. The van der Waals surface area contributed by atoms with Crippen LogP contribution in [0.3, 0.4) is 0 Å². The third-order valence-electron chi connectivity index (χ3n) is 2.16. The van der Waals surface area contributed by atoms with Crippen LogP contribution < -0.4 is 15.6 Å². The third-order valence-corrected chi connectivity index (χ3v) is 2.16. The third kappa shape index (κ3) is 1.20. The van der Waals surface area contributed by atoms with Crippen LogP contribution in [0.15, 0.2) is 15.5 Å². The molecule has 1 aliphatic carbocycles. The first-order valence-corrected chi connectivity index (χ1v) is 3.91. The van der Waals surface area contributed by atoms with Crippen LogP contribution in [0, 0.1) is 0 Å². The van der Waals surface area contributed by atoms with Gasteiger partial charge in [-0.2, -0.15) is 0 Å². The second-order valence-corrected chi connectivity index (χ2v) is 2.94. The average molecular weight is 154 g/mol. The van der Waals surface area contributed by atoms with Gasteiger partial charge in [-0.25, -0.2) is 9.48 Å². The summed E-state index contributed by atoms with van der Waals surface area (Å²) < 4.78 is 6.08. The van der Waals surface area contributed by atoms with Crippen molar-refractivity contribution >= 4 is 0 Å². The van der Waals surface area contributed by atoms with E-state index in [4.69, 9.17) is 0 Å². The maximum absolute atomic E-state index is 10.6. The smallest absolute Gasteiger partial charge is 0.388 e. The van der Waals surface area contributed by atoms with E-state index >= 15 is 0 Å². The highest BCUT2D eigenvalue weighted by atomic mass is 16.5. The van der Waals surface area contributed by atoms with Crippen molar-refractivity contribution in [2.45, 2.75) is 31.7 Å². The highest BCUT2D eigenvalue weighted by molar-refractivity contribution is 4.61. The number of rotatable bonds is 1. The summed E-state index contributed by atoms with van der Waals surface area (Å²) in [5, 5.41) is 3.63. The Bertz CT molecular complexity index is 283. The molecule has 0 aromatic carbocycles. The van der Waals surface area contributed by atoms with Gasteiger partial charge in [0.15, 0.2) is 0 Å². The largest absolute Gasteiger partial charge is 0.471 e. The summed E-state index contributed by atoms with van der Waals surface area (Å²) in [7, 11) is 0. The van der Waals surface area contributed by atoms with Crippen molar-refractivity contribution in [1.82, 2.24) is 5.27 Å². The zero-order valence-corrected chi connectivity index (χ0v) is 6.19. The molecule has 0 bridgehead atoms. The van der Waals surface area contributed by atoms with Crippen molar-refractivity contribution < 1.29 is 9.20 Å². The molecule has 4 heteroatoms. The van der Waals surface area contributed by atoms with Gasteiger partial charge in [0.2, 0.25) is 6.20 Å². The second kappa shape index (κ2) is 2.53. The van der Waals surface area contributed by atoms with E-state index in [0.717, 1.165) is 12.8 Å². The highest BCUT2D eigenvalue weighted by Crippen LogP contribution is 2.23. The number of hydrogen-bond donors (Lipinski definition) is 0. The predicted octanol–water partition coefficient (Wildman–Crippen LogP) is -0.000400. The van der Waals surface area contributed by atoms with E-state index in [2.05, 4.69) is 9.79 Å². The average Bonchev–Trinajstić information content (AvgIpc) is 2.55. The Labute approximate surface area is 63.8 Å². The quantitative estimate of drug-likeness (QED) is 0.535. The van der Waals surface area contributed by atoms with E-state index in [-0.39, 0.29) is 5.63 Å². The van der Waals surface area contributed by atoms with Gasteiger partial charge in [-0.1, -0.05) is 0 Å². The van der Waals surface area contributed by atoms with Gasteiger partial charge < -0.3 is 4.52 Å². The van der Waals surface area contributed by atoms with Crippen LogP contribution in [0.25, 0.3) is 0 Å². The predicted molar refractivity (Wildman–Crippen MR) is 36.0 cm³/mol. The molecule has 11 heavy (non-hydrogen) atoms. The van der Waals surface area contributed by atoms with Gasteiger partial charge in [0, 0.05) is 12.8 Å². The van der Waals surface area contributed by atoms with Crippen LogP contribution in [0.1, 0.15) is 31.7 Å². The van der Waals surface area contributed by atoms with Gasteiger partial charge in [0.25, 0.3) is 0 Å². The monoisotopic (exact) mass is 154 g/mol. The molecule has 0 saturated heterocycles. The molecule has 0 radical (unpaired) electrons. The van der Waals surface area contributed by atoms with Crippen LogP contribution in [-0.2, 0) is 0 Å². The fraction of sp³-hybridized carbons (Fsp3) is 0.714. The Morgan fingerprint density at radius 2 is 2.27 bits per heavy atom. The fourth-order valence-corrected chi connectivity index (χ4v) is 1.58. The van der Waals surface area contributed by atoms with E-state index in [1.54, 1.807) is 4.68 Å². The first-order valence-electron chi connectivity index (χ1n) is 3.91. The van der Waals surface area contributed by atoms with Crippen molar-refractivity contribution in [2.75, 3.05) is 0 Å². The second-order valence-electron chi connectivity index (χ2n) is 2.94. The molecule has 2 rings (SSSR count). The normalized spacial score (nSPS) is 19.3. The van der Waals surface area contributed by atoms with E-state index in [1.807, 2.05) is 0 Å². The number of nitrogens with zero attached hydrogens (tertiary/aromatic N) is 2. The minimum Gasteiger partial charge on any atom is -0.471 e. The van der Waals surface area contributed by atoms with Crippen LogP contribution in [0.5, 0.6) is 0 Å². The van der Waals surface area contributed by atoms with Crippen LogP contribution in [0.4, 0.5) is 0 Å². The van der Waals surface area contributed by atoms with Crippen molar-refractivity contribution in [3.05, 3.63) is 16.6 Å². The fourth-order valence-electron chi connectivity index (χ4n) is 1.58. The van der Waals surface area contributed by atoms with Gasteiger partial charge >= 0.3 is 5.63 Å². The van der Waals surface area contributed by atoms with Crippen LogP contribution in [-0.4, -0.2) is 0 Å². The first-order chi connectivity index (χ1) is 5.36. The standard InChI is InChI=1S/C7H10N2O2/c10-7-5-9(8-11-7)6-3-1-2-4-6/h5-6H,1-4H2. The lowest BCUT2D eigenvalue weighted by atomic mass is 10.3. The van der Waals surface area contributed by atoms with Gasteiger partial charge in [-0.15, -0.1) is 0 Å². The van der Waals surface area contributed by atoms with Crippen LogP contribution in [0.2, 0.25) is 0 Å². The molecule has 0 unspecified atom stereocenters. The van der Waals surface area contributed by atoms with Crippen molar-refractivity contribution in [3.63, 3.8) is 0 Å². The highest BCUT2D eigenvalue weighted by Gasteiger charge is 2.21. The lowest BCUT2D eigenvalue weighted by Crippen LogP contribution is -2.41. The molecule has 1 aromatic heterocycles. The molecule has 1 aromatic rings. The van der Waals surface area contributed by atoms with Gasteiger partial charge in [0.1, 0.15) is 6.04 Å². The molecule has 1 heterocycles. The summed E-state index contributed by atoms with van der Waals surface area (Å²) in [5.41, 5.74) is -0.350. The Morgan fingerprint density at radius 1 is 1.55 bits per heavy atom. The summed E-state index contributed by atoms with van der Waals surface area (Å²) in [6.07, 6.45) is 6.14. The summed E-state index contributed by atoms with van der Waals surface area (Å²) >= 11 is 0. The molecule has 1 fully saturated rings. The Balaban J connectivity index is 2.21.